The minimum Gasteiger partial charge on any atom is -0.480 e. The molecule has 0 amide bonds. The van der Waals surface area contributed by atoms with Gasteiger partial charge in [0, 0.05) is 33.8 Å². The Morgan fingerprint density at radius 2 is 1.03 bits per heavy atom. The zero-order valence-corrected chi connectivity index (χ0v) is 37.7. The van der Waals surface area contributed by atoms with Gasteiger partial charge in [-0.25, -0.2) is 14.4 Å². The Morgan fingerprint density at radius 1 is 0.617 bits per heavy atom. The van der Waals surface area contributed by atoms with Crippen molar-refractivity contribution < 1.29 is 57.6 Å². The van der Waals surface area contributed by atoms with Crippen LogP contribution in [0.1, 0.15) is 147 Å². The number of carbonyl (C=O) groups is 6. The maximum absolute atomic E-state index is 11.9. The fraction of sp³-hybridized carbons (Fsp3) is 0.634. The number of nitrogens with zero attached hydrogens (tertiary/aromatic N) is 5. The van der Waals surface area contributed by atoms with Gasteiger partial charge in [0.05, 0.1) is 19.8 Å². The number of carboxylic acid groups (broad SMARTS) is 1. The Hall–Kier alpha value is -5.07. The number of esters is 5. The van der Waals surface area contributed by atoms with Crippen LogP contribution >= 0.6 is 15.9 Å². The first-order valence-electron chi connectivity index (χ1n) is 20.2. The van der Waals surface area contributed by atoms with Crippen LogP contribution in [-0.2, 0) is 89.7 Å². The second-order valence-electron chi connectivity index (χ2n) is 15.8. The molecule has 3 aromatic heterocycles. The number of aromatic nitrogens is 6. The number of aliphatic carboxylic acids is 1. The van der Waals surface area contributed by atoms with Gasteiger partial charge < -0.3 is 28.8 Å². The van der Waals surface area contributed by atoms with E-state index in [1.165, 1.54) is 4.68 Å². The Labute approximate surface area is 358 Å². The zero-order chi connectivity index (χ0) is 44.8. The van der Waals surface area contributed by atoms with Gasteiger partial charge in [0.2, 0.25) is 0 Å². The Balaban J connectivity index is 0.000000223. The van der Waals surface area contributed by atoms with Crippen molar-refractivity contribution in [2.75, 3.05) is 25.2 Å². The molecule has 2 N–H and O–H groups in total. The van der Waals surface area contributed by atoms with Crippen LogP contribution in [-0.4, -0.2) is 107 Å². The summed E-state index contributed by atoms with van der Waals surface area (Å²) in [5.74, 6) is -2.72. The third kappa shape index (κ3) is 14.6. The van der Waals surface area contributed by atoms with Crippen LogP contribution in [0.25, 0.3) is 0 Å². The van der Waals surface area contributed by atoms with Crippen LogP contribution in [0.5, 0.6) is 0 Å². The number of aryl methyl sites for hydroxylation is 1. The largest absolute Gasteiger partial charge is 0.480 e. The average molecular weight is 908 g/mol. The normalized spacial score (nSPS) is 13.4. The van der Waals surface area contributed by atoms with E-state index >= 15 is 0 Å². The van der Waals surface area contributed by atoms with E-state index in [1.54, 1.807) is 25.5 Å². The van der Waals surface area contributed by atoms with Crippen molar-refractivity contribution >= 4 is 51.7 Å². The summed E-state index contributed by atoms with van der Waals surface area (Å²) < 4.78 is 28.0. The fourth-order valence-corrected chi connectivity index (χ4v) is 6.80. The molecule has 3 aliphatic carbocycles. The van der Waals surface area contributed by atoms with Crippen LogP contribution in [0.15, 0.2) is 0 Å². The van der Waals surface area contributed by atoms with Gasteiger partial charge in [0.1, 0.15) is 29.6 Å². The van der Waals surface area contributed by atoms with Crippen LogP contribution < -0.4 is 0 Å². The number of fused-ring (bicyclic) bond motifs is 3. The number of ether oxygens (including phenoxy) is 5. The van der Waals surface area contributed by atoms with Gasteiger partial charge in [-0.3, -0.25) is 28.8 Å². The molecule has 0 atom stereocenters. The smallest absolute Gasteiger partial charge is 0.359 e. The average Bonchev–Trinajstić information content (AvgIpc) is 3.98. The molecule has 0 saturated carbocycles. The molecule has 3 heterocycles. The number of hydrogen-bond donors (Lipinski definition) is 2. The number of H-pyrrole nitrogens is 1. The maximum atomic E-state index is 11.9. The van der Waals surface area contributed by atoms with Crippen molar-refractivity contribution in [2.24, 2.45) is 0 Å². The van der Waals surface area contributed by atoms with Gasteiger partial charge in [0.15, 0.2) is 17.1 Å². The van der Waals surface area contributed by atoms with Crippen molar-refractivity contribution in [3.63, 3.8) is 0 Å². The van der Waals surface area contributed by atoms with Gasteiger partial charge in [-0.05, 0) is 120 Å². The monoisotopic (exact) mass is 906 g/mol. The number of nitrogens with one attached hydrogen (secondary N) is 1. The van der Waals surface area contributed by atoms with E-state index in [2.05, 4.69) is 36.3 Å². The summed E-state index contributed by atoms with van der Waals surface area (Å²) in [4.78, 5) is 68.1. The molecule has 0 radical (unpaired) electrons. The number of halogens is 1. The molecule has 0 unspecified atom stereocenters. The molecule has 3 aromatic rings. The number of carbonyl (C=O) groups excluding carboxylic acids is 5. The molecule has 60 heavy (non-hydrogen) atoms. The predicted octanol–water partition coefficient (Wildman–Crippen LogP) is 5.32. The molecular weight excluding hydrogens is 848 g/mol. The van der Waals surface area contributed by atoms with Gasteiger partial charge in [-0.2, -0.15) is 15.3 Å². The van der Waals surface area contributed by atoms with Gasteiger partial charge >= 0.3 is 35.8 Å². The summed E-state index contributed by atoms with van der Waals surface area (Å²) in [6.45, 7) is 17.1. The van der Waals surface area contributed by atoms with Crippen LogP contribution in [0.3, 0.4) is 0 Å². The van der Waals surface area contributed by atoms with E-state index in [1.807, 2.05) is 41.5 Å². The van der Waals surface area contributed by atoms with E-state index in [4.69, 9.17) is 28.8 Å². The number of alkyl halides is 1. The number of carboxylic acids is 1. The molecular formula is C41H59BrN6O12. The second kappa shape index (κ2) is 22.5. The van der Waals surface area contributed by atoms with E-state index in [0.717, 1.165) is 91.6 Å². The van der Waals surface area contributed by atoms with Gasteiger partial charge in [0.25, 0.3) is 0 Å². The highest BCUT2D eigenvalue weighted by Crippen LogP contribution is 2.27. The summed E-state index contributed by atoms with van der Waals surface area (Å²) in [6, 6.07) is 0. The number of aromatic amines is 1. The summed E-state index contributed by atoms with van der Waals surface area (Å²) in [5.41, 5.74) is 5.94. The minimum absolute atomic E-state index is 0.0268. The van der Waals surface area contributed by atoms with E-state index in [0.29, 0.717) is 31.2 Å². The SMILES string of the molecule is CC(C)(C)OC(=O)CBr.CCOC(=O)c1n[nH]c2c1CCC2.CCOC(=O)c1nn(CC(=O)O)c2c1CCC2.CCOC(=O)c1nn(CC(=O)OC(C)(C)C)c2c1CCC2. The van der Waals surface area contributed by atoms with Crippen molar-refractivity contribution in [1.29, 1.82) is 0 Å². The Kier molecular flexibility index (Phi) is 18.5. The maximum Gasteiger partial charge on any atom is 0.359 e. The summed E-state index contributed by atoms with van der Waals surface area (Å²) in [5, 5.41) is 24.2. The van der Waals surface area contributed by atoms with Crippen LogP contribution in [0, 0.1) is 0 Å². The lowest BCUT2D eigenvalue weighted by Crippen LogP contribution is -2.27. The first-order valence-corrected chi connectivity index (χ1v) is 21.3. The van der Waals surface area contributed by atoms with E-state index in [9.17, 15) is 28.8 Å². The van der Waals surface area contributed by atoms with Crippen molar-refractivity contribution in [2.45, 2.75) is 144 Å². The lowest BCUT2D eigenvalue weighted by Gasteiger charge is -2.19. The van der Waals surface area contributed by atoms with Crippen molar-refractivity contribution in [3.8, 4) is 0 Å². The minimum atomic E-state index is -0.961. The van der Waals surface area contributed by atoms with Crippen molar-refractivity contribution in [1.82, 2.24) is 29.8 Å². The van der Waals surface area contributed by atoms with E-state index in [-0.39, 0.29) is 47.6 Å². The molecule has 3 aliphatic rings. The van der Waals surface area contributed by atoms with Crippen molar-refractivity contribution in [3.05, 3.63) is 50.9 Å². The topological polar surface area (TPSA) is 233 Å². The molecule has 0 fully saturated rings. The van der Waals surface area contributed by atoms with Crippen LogP contribution in [0.4, 0.5) is 0 Å². The lowest BCUT2D eigenvalue weighted by atomic mass is 10.2. The van der Waals surface area contributed by atoms with Gasteiger partial charge in [-0.1, -0.05) is 15.9 Å². The summed E-state index contributed by atoms with van der Waals surface area (Å²) >= 11 is 2.99. The Bertz CT molecular complexity index is 1990. The molecule has 18 nitrogen and oxygen atoms in total. The number of hydrogen-bond acceptors (Lipinski definition) is 14. The molecule has 0 bridgehead atoms. The third-order valence-electron chi connectivity index (χ3n) is 8.74. The summed E-state index contributed by atoms with van der Waals surface area (Å²) in [7, 11) is 0. The molecule has 0 aromatic carbocycles. The standard InChI is InChI=1S/C15H22N2O4.C11H14N2O4.C9H12N2O2.C6H11BrO2/c1-5-20-14(19)13-10-7-6-8-11(10)17(16-13)9-12(18)21-15(2,3)4;1-2-17-11(16)10-7-4-3-5-8(7)13(12-10)6-9(14)15;1-2-13-9(12)8-6-4-3-5-7(6)10-11-8;1-6(2,3)9-5(8)4-7/h5-9H2,1-4H3;2-6H2,1H3,(H,14,15);2-5H2,1H3,(H,10,11);4H2,1-3H3. The highest BCUT2D eigenvalue weighted by atomic mass is 79.9. The molecule has 332 valence electrons. The van der Waals surface area contributed by atoms with Crippen LogP contribution in [0.2, 0.25) is 0 Å². The molecule has 19 heteroatoms. The highest BCUT2D eigenvalue weighted by Gasteiger charge is 2.30. The predicted molar refractivity (Wildman–Crippen MR) is 220 cm³/mol. The highest BCUT2D eigenvalue weighted by molar-refractivity contribution is 9.09. The lowest BCUT2D eigenvalue weighted by molar-refractivity contribution is -0.156. The first kappa shape index (κ1) is 49.3. The fourth-order valence-electron chi connectivity index (χ4n) is 6.69. The summed E-state index contributed by atoms with van der Waals surface area (Å²) in [6.07, 6.45) is 8.12. The molecule has 0 spiro atoms. The Morgan fingerprint density at radius 3 is 1.45 bits per heavy atom. The zero-order valence-electron chi connectivity index (χ0n) is 36.2. The molecule has 0 saturated heterocycles. The first-order chi connectivity index (χ1) is 28.2. The number of rotatable bonds is 11. The van der Waals surface area contributed by atoms with E-state index < -0.39 is 23.5 Å². The molecule has 6 rings (SSSR count). The molecule has 0 aliphatic heterocycles. The quantitative estimate of drug-likeness (QED) is 0.141. The second-order valence-corrected chi connectivity index (χ2v) is 16.4. The van der Waals surface area contributed by atoms with Gasteiger partial charge in [-0.15, -0.1) is 0 Å². The third-order valence-corrected chi connectivity index (χ3v) is 9.20.